The van der Waals surface area contributed by atoms with Crippen LogP contribution in [0, 0.1) is 0 Å². The average molecular weight is 379 g/mol. The number of carbonyl (C=O) groups is 2. The number of rotatable bonds is 8. The molecule has 2 unspecified atom stereocenters. The second-order valence-electron chi connectivity index (χ2n) is 8.13. The van der Waals surface area contributed by atoms with Crippen LogP contribution in [0.2, 0.25) is 0 Å². The van der Waals surface area contributed by atoms with Gasteiger partial charge in [-0.15, -0.1) is 0 Å². The summed E-state index contributed by atoms with van der Waals surface area (Å²) >= 11 is 0. The highest BCUT2D eigenvalue weighted by atomic mass is 16.6. The zero-order valence-electron chi connectivity index (χ0n) is 17.6. The van der Waals surface area contributed by atoms with Gasteiger partial charge in [-0.05, 0) is 79.0 Å². The molecule has 2 N–H and O–H groups in total. The topological polar surface area (TPSA) is 76.7 Å². The standard InChI is InChI=1S/C21H34N2O4/c1-14(2)26-18-12-10-17(11-13-18)9-8-15(3)22-19(24)16(4)23-20(25)27-21(5,6)7/h10-16H,8-9H2,1-7H3,(H,22,24)(H,23,25). The third-order valence-corrected chi connectivity index (χ3v) is 3.68. The van der Waals surface area contributed by atoms with Gasteiger partial charge in [-0.3, -0.25) is 4.79 Å². The Balaban J connectivity index is 2.39. The molecule has 0 spiro atoms. The van der Waals surface area contributed by atoms with Crippen molar-refractivity contribution in [2.75, 3.05) is 0 Å². The molecule has 0 aliphatic carbocycles. The molecular weight excluding hydrogens is 344 g/mol. The minimum Gasteiger partial charge on any atom is -0.491 e. The second kappa shape index (κ2) is 10.2. The first-order valence-electron chi connectivity index (χ1n) is 9.51. The molecule has 0 heterocycles. The molecule has 6 nitrogen and oxygen atoms in total. The second-order valence-corrected chi connectivity index (χ2v) is 8.13. The van der Waals surface area contributed by atoms with Gasteiger partial charge in [-0.2, -0.15) is 0 Å². The van der Waals surface area contributed by atoms with E-state index in [9.17, 15) is 9.59 Å². The molecule has 6 heteroatoms. The SMILES string of the molecule is CC(CCc1ccc(OC(C)C)cc1)NC(=O)C(C)NC(=O)OC(C)(C)C. The Morgan fingerprint density at radius 2 is 1.59 bits per heavy atom. The Morgan fingerprint density at radius 1 is 1.00 bits per heavy atom. The highest BCUT2D eigenvalue weighted by molar-refractivity contribution is 5.85. The van der Waals surface area contributed by atoms with Gasteiger partial charge in [0.15, 0.2) is 0 Å². The predicted octanol–water partition coefficient (Wildman–Crippen LogP) is 3.82. The van der Waals surface area contributed by atoms with Crippen LogP contribution >= 0.6 is 0 Å². The molecule has 0 aliphatic heterocycles. The number of hydrogen-bond acceptors (Lipinski definition) is 4. The van der Waals surface area contributed by atoms with Gasteiger partial charge in [-0.25, -0.2) is 4.79 Å². The fraction of sp³-hybridized carbons (Fsp3) is 0.619. The van der Waals surface area contributed by atoms with E-state index in [1.165, 1.54) is 5.56 Å². The van der Waals surface area contributed by atoms with Gasteiger partial charge in [0.1, 0.15) is 17.4 Å². The lowest BCUT2D eigenvalue weighted by molar-refractivity contribution is -0.123. The number of alkyl carbamates (subject to hydrolysis) is 1. The third-order valence-electron chi connectivity index (χ3n) is 3.68. The van der Waals surface area contributed by atoms with Crippen molar-refractivity contribution in [3.8, 4) is 5.75 Å². The van der Waals surface area contributed by atoms with E-state index in [1.54, 1.807) is 27.7 Å². The Hall–Kier alpha value is -2.24. The molecule has 1 rings (SSSR count). The minimum absolute atomic E-state index is 0.00743. The highest BCUT2D eigenvalue weighted by Crippen LogP contribution is 2.15. The normalized spacial score (nSPS) is 13.6. The summed E-state index contributed by atoms with van der Waals surface area (Å²) in [7, 11) is 0. The van der Waals surface area contributed by atoms with Crippen molar-refractivity contribution in [3.63, 3.8) is 0 Å². The molecule has 0 aliphatic rings. The molecule has 2 amide bonds. The summed E-state index contributed by atoms with van der Waals surface area (Å²) in [6.45, 7) is 12.9. The lowest BCUT2D eigenvalue weighted by Crippen LogP contribution is -2.48. The smallest absolute Gasteiger partial charge is 0.408 e. The van der Waals surface area contributed by atoms with Crippen molar-refractivity contribution in [2.45, 2.75) is 85.1 Å². The number of amides is 2. The molecule has 0 radical (unpaired) electrons. The zero-order valence-corrected chi connectivity index (χ0v) is 17.6. The van der Waals surface area contributed by atoms with E-state index in [1.807, 2.05) is 45.0 Å². The molecule has 152 valence electrons. The van der Waals surface area contributed by atoms with Crippen molar-refractivity contribution < 1.29 is 19.1 Å². The van der Waals surface area contributed by atoms with Crippen molar-refractivity contribution in [1.29, 1.82) is 0 Å². The van der Waals surface area contributed by atoms with Crippen LogP contribution in [0.15, 0.2) is 24.3 Å². The van der Waals surface area contributed by atoms with Crippen LogP contribution in [0.25, 0.3) is 0 Å². The van der Waals surface area contributed by atoms with E-state index < -0.39 is 17.7 Å². The summed E-state index contributed by atoms with van der Waals surface area (Å²) in [6.07, 6.45) is 1.20. The van der Waals surface area contributed by atoms with E-state index >= 15 is 0 Å². The number of benzene rings is 1. The van der Waals surface area contributed by atoms with Crippen LogP contribution in [0.1, 0.15) is 60.5 Å². The summed E-state index contributed by atoms with van der Waals surface area (Å²) in [6, 6.07) is 7.34. The van der Waals surface area contributed by atoms with Crippen molar-refractivity contribution in [1.82, 2.24) is 10.6 Å². The Kier molecular flexibility index (Phi) is 8.60. The van der Waals surface area contributed by atoms with Crippen LogP contribution in [-0.4, -0.2) is 35.8 Å². The number of nitrogens with one attached hydrogen (secondary N) is 2. The summed E-state index contributed by atoms with van der Waals surface area (Å²) in [5.74, 6) is 0.631. The van der Waals surface area contributed by atoms with E-state index in [4.69, 9.17) is 9.47 Å². The van der Waals surface area contributed by atoms with E-state index in [0.717, 1.165) is 18.6 Å². The van der Waals surface area contributed by atoms with Gasteiger partial charge in [0.25, 0.3) is 0 Å². The van der Waals surface area contributed by atoms with Crippen LogP contribution in [0.4, 0.5) is 4.79 Å². The largest absolute Gasteiger partial charge is 0.491 e. The monoisotopic (exact) mass is 378 g/mol. The van der Waals surface area contributed by atoms with Gasteiger partial charge >= 0.3 is 6.09 Å². The summed E-state index contributed by atoms with van der Waals surface area (Å²) < 4.78 is 10.8. The number of aryl methyl sites for hydroxylation is 1. The number of carbonyl (C=O) groups excluding carboxylic acids is 2. The lowest BCUT2D eigenvalue weighted by atomic mass is 10.1. The van der Waals surface area contributed by atoms with Gasteiger partial charge < -0.3 is 20.1 Å². The number of hydrogen-bond donors (Lipinski definition) is 2. The Bertz CT molecular complexity index is 606. The fourth-order valence-corrected chi connectivity index (χ4v) is 2.38. The van der Waals surface area contributed by atoms with E-state index in [0.29, 0.717) is 0 Å². The third kappa shape index (κ3) is 9.87. The lowest BCUT2D eigenvalue weighted by Gasteiger charge is -2.22. The minimum atomic E-state index is -0.658. The quantitative estimate of drug-likeness (QED) is 0.721. The Morgan fingerprint density at radius 3 is 2.11 bits per heavy atom. The van der Waals surface area contributed by atoms with Crippen LogP contribution in [0.5, 0.6) is 5.75 Å². The first kappa shape index (κ1) is 22.8. The molecule has 0 saturated heterocycles. The molecule has 1 aromatic carbocycles. The molecule has 2 atom stereocenters. The first-order valence-corrected chi connectivity index (χ1v) is 9.51. The zero-order chi connectivity index (χ0) is 20.6. The maximum absolute atomic E-state index is 12.2. The van der Waals surface area contributed by atoms with Crippen LogP contribution in [-0.2, 0) is 16.0 Å². The summed E-state index contributed by atoms with van der Waals surface area (Å²) in [5.41, 5.74) is 0.593. The van der Waals surface area contributed by atoms with Gasteiger partial charge in [0.2, 0.25) is 5.91 Å². The van der Waals surface area contributed by atoms with Gasteiger partial charge in [0, 0.05) is 6.04 Å². The van der Waals surface area contributed by atoms with Crippen molar-refractivity contribution >= 4 is 12.0 Å². The molecule has 0 aromatic heterocycles. The van der Waals surface area contributed by atoms with E-state index in [-0.39, 0.29) is 18.1 Å². The van der Waals surface area contributed by atoms with Crippen LogP contribution < -0.4 is 15.4 Å². The van der Waals surface area contributed by atoms with Crippen molar-refractivity contribution in [2.24, 2.45) is 0 Å². The van der Waals surface area contributed by atoms with Gasteiger partial charge in [0.05, 0.1) is 6.10 Å². The molecule has 0 saturated carbocycles. The maximum Gasteiger partial charge on any atom is 0.408 e. The maximum atomic E-state index is 12.2. The average Bonchev–Trinajstić information content (AvgIpc) is 2.51. The highest BCUT2D eigenvalue weighted by Gasteiger charge is 2.21. The number of ether oxygens (including phenoxy) is 2. The molecule has 0 bridgehead atoms. The van der Waals surface area contributed by atoms with E-state index in [2.05, 4.69) is 10.6 Å². The molecule has 27 heavy (non-hydrogen) atoms. The van der Waals surface area contributed by atoms with Crippen molar-refractivity contribution in [3.05, 3.63) is 29.8 Å². The van der Waals surface area contributed by atoms with Gasteiger partial charge in [-0.1, -0.05) is 12.1 Å². The molecular formula is C21H34N2O4. The predicted molar refractivity (Wildman–Crippen MR) is 107 cm³/mol. The fourth-order valence-electron chi connectivity index (χ4n) is 2.38. The first-order chi connectivity index (χ1) is 12.5. The Labute approximate surface area is 163 Å². The van der Waals surface area contributed by atoms with Crippen LogP contribution in [0.3, 0.4) is 0 Å². The summed E-state index contributed by atoms with van der Waals surface area (Å²) in [4.78, 5) is 24.0. The summed E-state index contributed by atoms with van der Waals surface area (Å²) in [5, 5.41) is 5.47. The molecule has 1 aromatic rings. The molecule has 0 fully saturated rings.